The molecule has 0 aliphatic rings. The third kappa shape index (κ3) is 4.24. The summed E-state index contributed by atoms with van der Waals surface area (Å²) in [5.74, 6) is -0.315. The fourth-order valence-corrected chi connectivity index (χ4v) is 1.55. The molecule has 0 spiro atoms. The SMILES string of the molecule is CN(CC(N)=O)C(CN)C(C)(C)C. The molecule has 4 N–H and O–H groups in total. The summed E-state index contributed by atoms with van der Waals surface area (Å²) in [5, 5.41) is 0. The van der Waals surface area contributed by atoms with Gasteiger partial charge in [0.25, 0.3) is 0 Å². The largest absolute Gasteiger partial charge is 0.369 e. The molecule has 0 radical (unpaired) electrons. The van der Waals surface area contributed by atoms with Crippen LogP contribution in [0.3, 0.4) is 0 Å². The van der Waals surface area contributed by atoms with Gasteiger partial charge in [0.2, 0.25) is 5.91 Å². The van der Waals surface area contributed by atoms with E-state index in [1.54, 1.807) is 0 Å². The Morgan fingerprint density at radius 3 is 2.15 bits per heavy atom. The summed E-state index contributed by atoms with van der Waals surface area (Å²) in [7, 11) is 1.87. The van der Waals surface area contributed by atoms with Crippen molar-refractivity contribution in [3.05, 3.63) is 0 Å². The highest BCUT2D eigenvalue weighted by Gasteiger charge is 2.27. The summed E-state index contributed by atoms with van der Waals surface area (Å²) in [4.78, 5) is 12.6. The van der Waals surface area contributed by atoms with Crippen molar-refractivity contribution in [3.63, 3.8) is 0 Å². The molecule has 0 saturated heterocycles. The minimum atomic E-state index is -0.315. The summed E-state index contributed by atoms with van der Waals surface area (Å²) in [6.07, 6.45) is 0. The molecule has 1 unspecified atom stereocenters. The third-order valence-corrected chi connectivity index (χ3v) is 2.16. The minimum absolute atomic E-state index is 0.0684. The molecule has 0 aliphatic carbocycles. The van der Waals surface area contributed by atoms with Crippen LogP contribution in [-0.4, -0.2) is 37.0 Å². The number of rotatable bonds is 4. The Morgan fingerprint density at radius 2 is 1.92 bits per heavy atom. The summed E-state index contributed by atoms with van der Waals surface area (Å²) in [6, 6.07) is 0.181. The van der Waals surface area contributed by atoms with Crippen molar-refractivity contribution >= 4 is 5.91 Å². The number of likely N-dealkylation sites (N-methyl/N-ethyl adjacent to an activating group) is 1. The monoisotopic (exact) mass is 187 g/mol. The van der Waals surface area contributed by atoms with Gasteiger partial charge in [-0.1, -0.05) is 20.8 Å². The zero-order chi connectivity index (χ0) is 10.6. The van der Waals surface area contributed by atoms with Crippen molar-refractivity contribution in [1.82, 2.24) is 4.90 Å². The molecule has 1 atom stereocenters. The molecule has 0 heterocycles. The van der Waals surface area contributed by atoms with Crippen LogP contribution in [0.2, 0.25) is 0 Å². The zero-order valence-electron chi connectivity index (χ0n) is 9.00. The number of primary amides is 1. The van der Waals surface area contributed by atoms with E-state index in [1.807, 2.05) is 11.9 Å². The molecule has 1 amide bonds. The molecular weight excluding hydrogens is 166 g/mol. The lowest BCUT2D eigenvalue weighted by atomic mass is 9.86. The first-order valence-electron chi connectivity index (χ1n) is 4.47. The Hall–Kier alpha value is -0.610. The van der Waals surface area contributed by atoms with Gasteiger partial charge in [-0.2, -0.15) is 0 Å². The number of amides is 1. The molecule has 0 aromatic rings. The second-order valence-electron chi connectivity index (χ2n) is 4.50. The lowest BCUT2D eigenvalue weighted by Gasteiger charge is -2.36. The van der Waals surface area contributed by atoms with Crippen molar-refractivity contribution in [1.29, 1.82) is 0 Å². The van der Waals surface area contributed by atoms with Gasteiger partial charge in [-0.05, 0) is 12.5 Å². The highest BCUT2D eigenvalue weighted by Crippen LogP contribution is 2.22. The standard InChI is InChI=1S/C9H21N3O/c1-9(2,3)7(5-10)12(4)6-8(11)13/h7H,5-6,10H2,1-4H3,(H2,11,13). The fraction of sp³-hybridized carbons (Fsp3) is 0.889. The van der Waals surface area contributed by atoms with Gasteiger partial charge < -0.3 is 11.5 Å². The maximum Gasteiger partial charge on any atom is 0.231 e. The van der Waals surface area contributed by atoms with E-state index in [0.29, 0.717) is 6.54 Å². The average molecular weight is 187 g/mol. The first-order chi connectivity index (χ1) is 5.79. The van der Waals surface area contributed by atoms with Crippen LogP contribution in [0.5, 0.6) is 0 Å². The van der Waals surface area contributed by atoms with E-state index in [0.717, 1.165) is 0 Å². The van der Waals surface area contributed by atoms with Crippen LogP contribution in [-0.2, 0) is 4.79 Å². The highest BCUT2D eigenvalue weighted by atomic mass is 16.1. The molecule has 4 heteroatoms. The number of carbonyl (C=O) groups excluding carboxylic acids is 1. The summed E-state index contributed by atoms with van der Waals surface area (Å²) in [6.45, 7) is 7.10. The van der Waals surface area contributed by atoms with E-state index >= 15 is 0 Å². The topological polar surface area (TPSA) is 72.3 Å². The van der Waals surface area contributed by atoms with Gasteiger partial charge in [-0.25, -0.2) is 0 Å². The average Bonchev–Trinajstić information content (AvgIpc) is 1.82. The van der Waals surface area contributed by atoms with Crippen LogP contribution < -0.4 is 11.5 Å². The summed E-state index contributed by atoms with van der Waals surface area (Å²) < 4.78 is 0. The Labute approximate surface area is 80.3 Å². The quantitative estimate of drug-likeness (QED) is 0.639. The van der Waals surface area contributed by atoms with Crippen molar-refractivity contribution in [3.8, 4) is 0 Å². The molecule has 4 nitrogen and oxygen atoms in total. The third-order valence-electron chi connectivity index (χ3n) is 2.16. The number of nitrogens with zero attached hydrogens (tertiary/aromatic N) is 1. The van der Waals surface area contributed by atoms with Gasteiger partial charge in [-0.15, -0.1) is 0 Å². The Balaban J connectivity index is 4.32. The number of hydrogen-bond acceptors (Lipinski definition) is 3. The van der Waals surface area contributed by atoms with E-state index in [-0.39, 0.29) is 23.9 Å². The number of hydrogen-bond donors (Lipinski definition) is 2. The molecule has 0 saturated carbocycles. The Kier molecular flexibility index (Phi) is 4.36. The predicted octanol–water partition coefficient (Wildman–Crippen LogP) is -0.223. The van der Waals surface area contributed by atoms with Crippen molar-refractivity contribution in [2.45, 2.75) is 26.8 Å². The van der Waals surface area contributed by atoms with E-state index in [1.165, 1.54) is 0 Å². The van der Waals surface area contributed by atoms with E-state index < -0.39 is 0 Å². The smallest absolute Gasteiger partial charge is 0.231 e. The molecule has 0 aromatic carbocycles. The van der Waals surface area contributed by atoms with Gasteiger partial charge in [0.15, 0.2) is 0 Å². The van der Waals surface area contributed by atoms with Crippen LogP contribution in [0.1, 0.15) is 20.8 Å². The Morgan fingerprint density at radius 1 is 1.46 bits per heavy atom. The van der Waals surface area contributed by atoms with Crippen molar-refractivity contribution < 1.29 is 4.79 Å². The minimum Gasteiger partial charge on any atom is -0.369 e. The Bertz CT molecular complexity index is 174. The van der Waals surface area contributed by atoms with Gasteiger partial charge >= 0.3 is 0 Å². The lowest BCUT2D eigenvalue weighted by molar-refractivity contribution is -0.119. The van der Waals surface area contributed by atoms with Gasteiger partial charge in [0.1, 0.15) is 0 Å². The van der Waals surface area contributed by atoms with Gasteiger partial charge in [0.05, 0.1) is 6.54 Å². The molecule has 0 bridgehead atoms. The zero-order valence-corrected chi connectivity index (χ0v) is 9.00. The fourth-order valence-electron chi connectivity index (χ4n) is 1.55. The first-order valence-corrected chi connectivity index (χ1v) is 4.47. The van der Waals surface area contributed by atoms with E-state index in [4.69, 9.17) is 11.5 Å². The lowest BCUT2D eigenvalue weighted by Crippen LogP contribution is -2.49. The maximum atomic E-state index is 10.7. The second kappa shape index (κ2) is 4.58. The molecule has 0 rings (SSSR count). The molecule has 78 valence electrons. The number of nitrogens with two attached hydrogens (primary N) is 2. The molecular formula is C9H21N3O. The van der Waals surface area contributed by atoms with E-state index in [2.05, 4.69) is 20.8 Å². The second-order valence-corrected chi connectivity index (χ2v) is 4.50. The summed E-state index contributed by atoms with van der Waals surface area (Å²) in [5.41, 5.74) is 10.8. The molecule has 0 aromatic heterocycles. The normalized spacial score (nSPS) is 14.6. The molecule has 0 aliphatic heterocycles. The molecule has 13 heavy (non-hydrogen) atoms. The van der Waals surface area contributed by atoms with Gasteiger partial charge in [-0.3, -0.25) is 9.69 Å². The number of carbonyl (C=O) groups is 1. The van der Waals surface area contributed by atoms with Crippen LogP contribution in [0.15, 0.2) is 0 Å². The summed E-state index contributed by atoms with van der Waals surface area (Å²) >= 11 is 0. The van der Waals surface area contributed by atoms with Crippen molar-refractivity contribution in [2.75, 3.05) is 20.1 Å². The molecule has 0 fully saturated rings. The van der Waals surface area contributed by atoms with Crippen LogP contribution in [0.4, 0.5) is 0 Å². The van der Waals surface area contributed by atoms with E-state index in [9.17, 15) is 4.79 Å². The predicted molar refractivity (Wildman–Crippen MR) is 54.1 cm³/mol. The van der Waals surface area contributed by atoms with Crippen LogP contribution in [0, 0.1) is 5.41 Å². The van der Waals surface area contributed by atoms with Crippen LogP contribution in [0.25, 0.3) is 0 Å². The first kappa shape index (κ1) is 12.4. The van der Waals surface area contributed by atoms with Crippen molar-refractivity contribution in [2.24, 2.45) is 16.9 Å². The maximum absolute atomic E-state index is 10.7. The van der Waals surface area contributed by atoms with Gasteiger partial charge in [0, 0.05) is 12.6 Å². The highest BCUT2D eigenvalue weighted by molar-refractivity contribution is 5.75. The van der Waals surface area contributed by atoms with Crippen LogP contribution >= 0.6 is 0 Å².